The lowest BCUT2D eigenvalue weighted by molar-refractivity contribution is -0.136. The van der Waals surface area contributed by atoms with E-state index in [9.17, 15) is 14.7 Å². The van der Waals surface area contributed by atoms with Gasteiger partial charge in [-0.25, -0.2) is 9.59 Å². The molecule has 4 rings (SSSR count). The van der Waals surface area contributed by atoms with Crippen molar-refractivity contribution in [3.63, 3.8) is 0 Å². The zero-order valence-corrected chi connectivity index (χ0v) is 29.5. The van der Waals surface area contributed by atoms with Gasteiger partial charge in [-0.1, -0.05) is 51.3 Å². The number of nitrogens with zero attached hydrogens (tertiary/aromatic N) is 1. The van der Waals surface area contributed by atoms with E-state index in [0.717, 1.165) is 10.0 Å². The number of rotatable bonds is 13. The average molecular weight is 801 g/mol. The summed E-state index contributed by atoms with van der Waals surface area (Å²) in [6.45, 7) is 3.79. The van der Waals surface area contributed by atoms with Gasteiger partial charge in [-0.3, -0.25) is 5.43 Å². The Bertz CT molecular complexity index is 1670. The van der Waals surface area contributed by atoms with Crippen molar-refractivity contribution in [2.45, 2.75) is 32.7 Å². The number of aliphatic hydroxyl groups is 1. The summed E-state index contributed by atoms with van der Waals surface area (Å²) in [5, 5.41) is 20.9. The molecule has 244 valence electrons. The number of halogens is 4. The Morgan fingerprint density at radius 1 is 1.09 bits per heavy atom. The van der Waals surface area contributed by atoms with E-state index in [0.29, 0.717) is 55.2 Å². The third-order valence-electron chi connectivity index (χ3n) is 6.50. The molecule has 3 aromatic rings. The minimum atomic E-state index is -1.19. The first-order valence-electron chi connectivity index (χ1n) is 13.8. The molecule has 0 saturated carbocycles. The number of allylic oxidation sites excluding steroid dienone is 1. The predicted octanol–water partition coefficient (Wildman–Crippen LogP) is 6.62. The summed E-state index contributed by atoms with van der Waals surface area (Å²) in [6.07, 6.45) is 0.312. The number of carbonyl (C=O) groups excluding carboxylic acids is 2. The molecular formula is C31H30Br2Cl2N4O7. The number of carbonyl (C=O) groups is 2. The third kappa shape index (κ3) is 9.07. The molecule has 4 N–H and O–H groups in total. The summed E-state index contributed by atoms with van der Waals surface area (Å²) < 4.78 is 24.0. The number of esters is 1. The lowest BCUT2D eigenvalue weighted by Crippen LogP contribution is -2.45. The number of hydrogen-bond acceptors (Lipinski definition) is 9. The van der Waals surface area contributed by atoms with E-state index in [1.165, 1.54) is 13.3 Å². The van der Waals surface area contributed by atoms with Crippen molar-refractivity contribution >= 4 is 73.3 Å². The van der Waals surface area contributed by atoms with Crippen LogP contribution in [-0.2, 0) is 16.1 Å². The van der Waals surface area contributed by atoms with Gasteiger partial charge in [0.05, 0.1) is 46.1 Å². The Morgan fingerprint density at radius 3 is 2.59 bits per heavy atom. The SMILES string of the molecule is CCOc1cc([C@H]2NC(=O)NC(C)=C2C(=O)OC)ccc1OC[C@H](O)N/N=C/c1cc(Br)cc(Br)c1OCc1ccc(Cl)c(Cl)c1. The topological polar surface area (TPSA) is 140 Å². The summed E-state index contributed by atoms with van der Waals surface area (Å²) in [7, 11) is 1.27. The molecule has 2 amide bonds. The zero-order chi connectivity index (χ0) is 33.4. The van der Waals surface area contributed by atoms with Crippen molar-refractivity contribution in [1.29, 1.82) is 0 Å². The summed E-state index contributed by atoms with van der Waals surface area (Å²) in [4.78, 5) is 24.7. The average Bonchev–Trinajstić information content (AvgIpc) is 3.01. The van der Waals surface area contributed by atoms with Gasteiger partial charge < -0.3 is 34.7 Å². The smallest absolute Gasteiger partial charge is 0.337 e. The molecule has 1 aliphatic rings. The second-order valence-electron chi connectivity index (χ2n) is 9.76. The fourth-order valence-electron chi connectivity index (χ4n) is 4.43. The molecule has 0 radical (unpaired) electrons. The number of nitrogens with one attached hydrogen (secondary N) is 3. The largest absolute Gasteiger partial charge is 0.490 e. The van der Waals surface area contributed by atoms with Crippen LogP contribution in [0.5, 0.6) is 17.2 Å². The number of urea groups is 1. The second-order valence-corrected chi connectivity index (χ2v) is 12.3. The number of amides is 2. The van der Waals surface area contributed by atoms with Gasteiger partial charge in [-0.15, -0.1) is 0 Å². The second kappa shape index (κ2) is 16.4. The minimum Gasteiger partial charge on any atom is -0.490 e. The van der Waals surface area contributed by atoms with E-state index in [1.54, 1.807) is 44.2 Å². The maximum absolute atomic E-state index is 12.5. The van der Waals surface area contributed by atoms with Crippen LogP contribution in [0.4, 0.5) is 4.79 Å². The van der Waals surface area contributed by atoms with Gasteiger partial charge in [0.2, 0.25) is 0 Å². The molecule has 11 nitrogen and oxygen atoms in total. The monoisotopic (exact) mass is 798 g/mol. The number of aliphatic hydroxyl groups excluding tert-OH is 1. The Balaban J connectivity index is 1.43. The summed E-state index contributed by atoms with van der Waals surface area (Å²) in [5.41, 5.74) is 5.30. The maximum Gasteiger partial charge on any atom is 0.337 e. The van der Waals surface area contributed by atoms with Gasteiger partial charge in [-0.05, 0) is 77.3 Å². The van der Waals surface area contributed by atoms with Crippen LogP contribution >= 0.6 is 55.1 Å². The number of benzene rings is 3. The highest BCUT2D eigenvalue weighted by Gasteiger charge is 2.32. The molecule has 0 saturated heterocycles. The predicted molar refractivity (Wildman–Crippen MR) is 182 cm³/mol. The Kier molecular flexibility index (Phi) is 12.6. The Hall–Kier alpha value is -3.49. The Morgan fingerprint density at radius 2 is 1.87 bits per heavy atom. The van der Waals surface area contributed by atoms with Crippen LogP contribution in [0.25, 0.3) is 0 Å². The fourth-order valence-corrected chi connectivity index (χ4v) is 6.12. The van der Waals surface area contributed by atoms with Gasteiger partial charge in [0.15, 0.2) is 17.7 Å². The van der Waals surface area contributed by atoms with Gasteiger partial charge in [0, 0.05) is 15.7 Å². The first-order chi connectivity index (χ1) is 22.0. The van der Waals surface area contributed by atoms with E-state index >= 15 is 0 Å². The molecule has 0 unspecified atom stereocenters. The fraction of sp³-hybridized carbons (Fsp3) is 0.258. The third-order valence-corrected chi connectivity index (χ3v) is 8.29. The molecule has 3 aromatic carbocycles. The zero-order valence-electron chi connectivity index (χ0n) is 24.8. The van der Waals surface area contributed by atoms with Crippen molar-refractivity contribution in [3.05, 3.63) is 95.5 Å². The first kappa shape index (κ1) is 35.4. The van der Waals surface area contributed by atoms with Crippen LogP contribution in [0.1, 0.15) is 36.6 Å². The molecular weight excluding hydrogens is 771 g/mol. The minimum absolute atomic E-state index is 0.184. The number of hydrazone groups is 1. The van der Waals surface area contributed by atoms with E-state index < -0.39 is 24.3 Å². The van der Waals surface area contributed by atoms with Gasteiger partial charge in [0.1, 0.15) is 19.0 Å². The van der Waals surface area contributed by atoms with Crippen LogP contribution in [0.15, 0.2) is 73.8 Å². The van der Waals surface area contributed by atoms with Crippen molar-refractivity contribution in [2.75, 3.05) is 20.3 Å². The van der Waals surface area contributed by atoms with Crippen LogP contribution in [-0.4, -0.2) is 49.9 Å². The maximum atomic E-state index is 12.5. The van der Waals surface area contributed by atoms with Crippen molar-refractivity contribution in [3.8, 4) is 17.2 Å². The van der Waals surface area contributed by atoms with E-state index in [2.05, 4.69) is 53.0 Å². The molecule has 15 heteroatoms. The van der Waals surface area contributed by atoms with Crippen LogP contribution in [0.2, 0.25) is 10.0 Å². The van der Waals surface area contributed by atoms with E-state index in [-0.39, 0.29) is 18.8 Å². The summed E-state index contributed by atoms with van der Waals surface area (Å²) >= 11 is 19.1. The molecule has 0 aliphatic carbocycles. The molecule has 1 aliphatic heterocycles. The van der Waals surface area contributed by atoms with Crippen LogP contribution in [0.3, 0.4) is 0 Å². The normalized spacial score (nSPS) is 15.2. The molecule has 46 heavy (non-hydrogen) atoms. The molecule has 0 fully saturated rings. The van der Waals surface area contributed by atoms with E-state index in [1.807, 2.05) is 18.2 Å². The van der Waals surface area contributed by atoms with Crippen LogP contribution in [0, 0.1) is 0 Å². The van der Waals surface area contributed by atoms with Gasteiger partial charge in [-0.2, -0.15) is 5.10 Å². The number of methoxy groups -OCH3 is 1. The molecule has 0 spiro atoms. The summed E-state index contributed by atoms with van der Waals surface area (Å²) in [6, 6.07) is 12.7. The highest BCUT2D eigenvalue weighted by molar-refractivity contribution is 9.11. The lowest BCUT2D eigenvalue weighted by atomic mass is 9.95. The number of ether oxygens (including phenoxy) is 4. The standard InChI is InChI=1S/C31H30Br2Cl2N4O7/c1-4-44-25-11-18(28-27(30(41)43-3)16(2)37-31(42)38-28)6-8-24(25)45-15-26(40)39-36-13-19-10-20(32)12-21(33)29(19)46-14-17-5-7-22(34)23(35)9-17/h5-13,26,28,39-40H,4,14-15H2,1-3H3,(H2,37,38,42)/b36-13+/t26-,28+/m0/s1. The molecule has 1 heterocycles. The first-order valence-corrected chi connectivity index (χ1v) is 16.1. The molecule has 0 bridgehead atoms. The van der Waals surface area contributed by atoms with Gasteiger partial charge >= 0.3 is 12.0 Å². The lowest BCUT2D eigenvalue weighted by Gasteiger charge is -2.28. The summed E-state index contributed by atoms with van der Waals surface area (Å²) in [5.74, 6) is 0.638. The number of hydrogen-bond donors (Lipinski definition) is 4. The van der Waals surface area contributed by atoms with Gasteiger partial charge in [0.25, 0.3) is 0 Å². The highest BCUT2D eigenvalue weighted by atomic mass is 79.9. The Labute approximate surface area is 292 Å². The quantitative estimate of drug-likeness (QED) is 0.0656. The van der Waals surface area contributed by atoms with Crippen LogP contribution < -0.4 is 30.3 Å². The molecule has 0 aromatic heterocycles. The van der Waals surface area contributed by atoms with Crippen molar-refractivity contribution in [2.24, 2.45) is 5.10 Å². The highest BCUT2D eigenvalue weighted by Crippen LogP contribution is 2.35. The van der Waals surface area contributed by atoms with Crippen molar-refractivity contribution < 1.29 is 33.6 Å². The van der Waals surface area contributed by atoms with Crippen molar-refractivity contribution in [1.82, 2.24) is 16.1 Å². The van der Waals surface area contributed by atoms with E-state index in [4.69, 9.17) is 42.1 Å². The molecule has 2 atom stereocenters.